The Morgan fingerprint density at radius 1 is 1.10 bits per heavy atom. The van der Waals surface area contributed by atoms with Gasteiger partial charge in [0.15, 0.2) is 17.5 Å². The van der Waals surface area contributed by atoms with Gasteiger partial charge < -0.3 is 30.2 Å². The monoisotopic (exact) mass is 512 g/mol. The Morgan fingerprint density at radius 3 is 2.62 bits per heavy atom. The molecule has 1 aliphatic rings. The number of nitrogens with one attached hydrogen (secondary N) is 1. The Kier molecular flexibility index (Phi) is 8.69. The van der Waals surface area contributed by atoms with Crippen LogP contribution in [0, 0.1) is 5.92 Å². The zero-order valence-corrected chi connectivity index (χ0v) is 19.4. The fraction of sp³-hybridized carbons (Fsp3) is 0.381. The number of nitrogens with two attached hydrogens (primary N) is 1. The van der Waals surface area contributed by atoms with Crippen LogP contribution in [0.25, 0.3) is 0 Å². The van der Waals surface area contributed by atoms with Gasteiger partial charge in [0.1, 0.15) is 5.75 Å². The van der Waals surface area contributed by atoms with Crippen molar-refractivity contribution >= 4 is 41.3 Å². The highest BCUT2D eigenvalue weighted by Gasteiger charge is 2.22. The number of anilines is 2. The van der Waals surface area contributed by atoms with Crippen molar-refractivity contribution in [1.82, 2.24) is 0 Å². The van der Waals surface area contributed by atoms with Crippen molar-refractivity contribution in [2.75, 3.05) is 51.2 Å². The third-order valence-electron chi connectivity index (χ3n) is 4.88. The first-order chi connectivity index (χ1) is 13.6. The molecular weight excluding hydrogens is 483 g/mol. The van der Waals surface area contributed by atoms with Crippen molar-refractivity contribution in [3.63, 3.8) is 0 Å². The van der Waals surface area contributed by atoms with Crippen LogP contribution in [0.2, 0.25) is 0 Å². The lowest BCUT2D eigenvalue weighted by molar-refractivity contribution is 0.355. The van der Waals surface area contributed by atoms with E-state index in [0.29, 0.717) is 29.9 Å². The van der Waals surface area contributed by atoms with Gasteiger partial charge in [-0.25, -0.2) is 0 Å². The van der Waals surface area contributed by atoms with Crippen molar-refractivity contribution in [1.29, 1.82) is 0 Å². The smallest absolute Gasteiger partial charge is 0.193 e. The maximum atomic E-state index is 6.07. The van der Waals surface area contributed by atoms with Gasteiger partial charge in [0.25, 0.3) is 0 Å². The number of hydrogen-bond acceptors (Lipinski definition) is 5. The summed E-state index contributed by atoms with van der Waals surface area (Å²) in [6.45, 7) is 2.66. The van der Waals surface area contributed by atoms with Crippen LogP contribution >= 0.6 is 24.0 Å². The molecule has 2 aromatic rings. The van der Waals surface area contributed by atoms with Crippen LogP contribution in [-0.4, -0.2) is 46.9 Å². The van der Waals surface area contributed by atoms with Gasteiger partial charge in [0.05, 0.1) is 21.3 Å². The lowest BCUT2D eigenvalue weighted by atomic mass is 10.1. The molecule has 0 aliphatic carbocycles. The highest BCUT2D eigenvalue weighted by Crippen LogP contribution is 2.30. The minimum absolute atomic E-state index is 0. The summed E-state index contributed by atoms with van der Waals surface area (Å²) in [5, 5.41) is 3.11. The molecule has 0 saturated carbocycles. The number of hydrogen-bond donors (Lipinski definition) is 2. The van der Waals surface area contributed by atoms with E-state index in [9.17, 15) is 0 Å². The predicted octanol–water partition coefficient (Wildman–Crippen LogP) is 3.58. The molecule has 1 atom stereocenters. The first-order valence-electron chi connectivity index (χ1n) is 9.31. The molecule has 8 heteroatoms. The molecule has 2 aromatic carbocycles. The van der Waals surface area contributed by atoms with Gasteiger partial charge in [-0.2, -0.15) is 0 Å². The summed E-state index contributed by atoms with van der Waals surface area (Å²) >= 11 is 0. The molecule has 0 spiro atoms. The Labute approximate surface area is 189 Å². The van der Waals surface area contributed by atoms with Crippen molar-refractivity contribution in [2.45, 2.75) is 6.42 Å². The third kappa shape index (κ3) is 6.06. The third-order valence-corrected chi connectivity index (χ3v) is 4.88. The van der Waals surface area contributed by atoms with Crippen LogP contribution < -0.4 is 30.2 Å². The van der Waals surface area contributed by atoms with Crippen molar-refractivity contribution in [2.24, 2.45) is 16.6 Å². The number of halogens is 1. The van der Waals surface area contributed by atoms with E-state index in [1.54, 1.807) is 21.3 Å². The molecule has 1 saturated heterocycles. The number of benzene rings is 2. The SMILES string of the molecule is COc1cccc(N2CCC(CN=C(N)Nc3ccc(OC)c(OC)c3)C2)c1.I. The maximum absolute atomic E-state index is 6.07. The van der Waals surface area contributed by atoms with Crippen LogP contribution in [0.5, 0.6) is 17.2 Å². The van der Waals surface area contributed by atoms with Gasteiger partial charge in [-0.05, 0) is 36.6 Å². The quantitative estimate of drug-likeness (QED) is 0.336. The average Bonchev–Trinajstić information content (AvgIpc) is 3.21. The van der Waals surface area contributed by atoms with E-state index in [0.717, 1.165) is 30.9 Å². The summed E-state index contributed by atoms with van der Waals surface area (Å²) in [7, 11) is 4.90. The minimum atomic E-state index is 0. The second kappa shape index (κ2) is 11.0. The minimum Gasteiger partial charge on any atom is -0.497 e. The lowest BCUT2D eigenvalue weighted by Gasteiger charge is -2.19. The first-order valence-corrected chi connectivity index (χ1v) is 9.31. The zero-order chi connectivity index (χ0) is 19.9. The normalized spacial score (nSPS) is 16.2. The van der Waals surface area contributed by atoms with E-state index in [4.69, 9.17) is 19.9 Å². The molecule has 1 unspecified atom stereocenters. The zero-order valence-electron chi connectivity index (χ0n) is 17.1. The Bertz CT molecular complexity index is 831. The summed E-state index contributed by atoms with van der Waals surface area (Å²) in [5.74, 6) is 3.06. The van der Waals surface area contributed by atoms with Gasteiger partial charge in [-0.3, -0.25) is 4.99 Å². The van der Waals surface area contributed by atoms with E-state index >= 15 is 0 Å². The van der Waals surface area contributed by atoms with Gasteiger partial charge >= 0.3 is 0 Å². The van der Waals surface area contributed by atoms with Crippen molar-refractivity contribution in [3.8, 4) is 17.2 Å². The van der Waals surface area contributed by atoms with Crippen molar-refractivity contribution < 1.29 is 14.2 Å². The number of ether oxygens (including phenoxy) is 3. The number of methoxy groups -OCH3 is 3. The van der Waals surface area contributed by atoms with Crippen LogP contribution in [0.3, 0.4) is 0 Å². The highest BCUT2D eigenvalue weighted by molar-refractivity contribution is 14.0. The van der Waals surface area contributed by atoms with Gasteiger partial charge in [0.2, 0.25) is 0 Å². The molecule has 29 heavy (non-hydrogen) atoms. The Morgan fingerprint density at radius 2 is 1.90 bits per heavy atom. The predicted molar refractivity (Wildman–Crippen MR) is 128 cm³/mol. The van der Waals surface area contributed by atoms with Gasteiger partial charge in [-0.15, -0.1) is 24.0 Å². The molecule has 3 N–H and O–H groups in total. The molecule has 0 bridgehead atoms. The first kappa shape index (κ1) is 22.9. The Hall–Kier alpha value is -2.36. The van der Waals surface area contributed by atoms with E-state index in [1.165, 1.54) is 5.69 Å². The van der Waals surface area contributed by atoms with Crippen LogP contribution in [0.15, 0.2) is 47.5 Å². The summed E-state index contributed by atoms with van der Waals surface area (Å²) in [6.07, 6.45) is 1.09. The summed E-state index contributed by atoms with van der Waals surface area (Å²) < 4.78 is 15.9. The number of aliphatic imine (C=N–C) groups is 1. The molecule has 0 amide bonds. The number of rotatable bonds is 7. The second-order valence-electron chi connectivity index (χ2n) is 6.72. The molecule has 1 heterocycles. The van der Waals surface area contributed by atoms with Crippen LogP contribution in [0.4, 0.5) is 11.4 Å². The molecule has 1 aliphatic heterocycles. The highest BCUT2D eigenvalue weighted by atomic mass is 127. The van der Waals surface area contributed by atoms with Crippen LogP contribution in [-0.2, 0) is 0 Å². The average molecular weight is 512 g/mol. The second-order valence-corrected chi connectivity index (χ2v) is 6.72. The lowest BCUT2D eigenvalue weighted by Crippen LogP contribution is -2.25. The molecule has 1 fully saturated rings. The van der Waals surface area contributed by atoms with Gasteiger partial charge in [-0.1, -0.05) is 6.07 Å². The molecule has 0 radical (unpaired) electrons. The summed E-state index contributed by atoms with van der Waals surface area (Å²) in [4.78, 5) is 6.88. The van der Waals surface area contributed by atoms with Crippen molar-refractivity contribution in [3.05, 3.63) is 42.5 Å². The fourth-order valence-electron chi connectivity index (χ4n) is 3.35. The molecule has 7 nitrogen and oxygen atoms in total. The maximum Gasteiger partial charge on any atom is 0.193 e. The Balaban J connectivity index is 0.00000300. The van der Waals surface area contributed by atoms with Gasteiger partial charge in [0, 0.05) is 43.1 Å². The topological polar surface area (TPSA) is 81.3 Å². The molecule has 158 valence electrons. The standard InChI is InChI=1S/C21H28N4O3.HI/c1-26-18-6-4-5-17(12-18)25-10-9-15(14-25)13-23-21(22)24-16-7-8-19(27-2)20(11-16)28-3;/h4-8,11-12,15H,9-10,13-14H2,1-3H3,(H3,22,23,24);1H. The summed E-state index contributed by atoms with van der Waals surface area (Å²) in [5.41, 5.74) is 8.06. The largest absolute Gasteiger partial charge is 0.497 e. The van der Waals surface area contributed by atoms with Crippen LogP contribution in [0.1, 0.15) is 6.42 Å². The summed E-state index contributed by atoms with van der Waals surface area (Å²) in [6, 6.07) is 13.7. The number of nitrogens with zero attached hydrogens (tertiary/aromatic N) is 2. The van der Waals surface area contributed by atoms with E-state index in [-0.39, 0.29) is 24.0 Å². The molecular formula is C21H29IN4O3. The van der Waals surface area contributed by atoms with E-state index in [2.05, 4.69) is 27.3 Å². The molecule has 3 rings (SSSR count). The van der Waals surface area contributed by atoms with E-state index in [1.807, 2.05) is 30.3 Å². The van der Waals surface area contributed by atoms with E-state index < -0.39 is 0 Å². The molecule has 0 aromatic heterocycles. The number of guanidine groups is 1. The fourth-order valence-corrected chi connectivity index (χ4v) is 3.35.